The molecule has 1 amide bonds. The van der Waals surface area contributed by atoms with Gasteiger partial charge in [-0.2, -0.15) is 13.2 Å². The molecule has 7 nitrogen and oxygen atoms in total. The molecule has 1 saturated heterocycles. The van der Waals surface area contributed by atoms with Gasteiger partial charge in [0.05, 0.1) is 16.9 Å². The van der Waals surface area contributed by atoms with Crippen molar-refractivity contribution in [1.29, 1.82) is 0 Å². The Morgan fingerprint density at radius 1 is 1.17 bits per heavy atom. The number of carbonyl (C=O) groups is 1. The molecule has 1 aliphatic rings. The number of alkyl halides is 3. The third kappa shape index (κ3) is 6.36. The Bertz CT molecular complexity index is 1230. The Labute approximate surface area is 203 Å². The summed E-state index contributed by atoms with van der Waals surface area (Å²) in [6.45, 7) is 0.836. The predicted octanol–water partition coefficient (Wildman–Crippen LogP) is 4.28. The van der Waals surface area contributed by atoms with Crippen molar-refractivity contribution in [1.82, 2.24) is 14.5 Å². The number of oxime groups is 1. The minimum atomic E-state index is -4.76. The molecule has 3 heterocycles. The van der Waals surface area contributed by atoms with Crippen molar-refractivity contribution in [3.8, 4) is 0 Å². The number of rotatable bonds is 7. The van der Waals surface area contributed by atoms with E-state index in [1.165, 1.54) is 17.5 Å². The van der Waals surface area contributed by atoms with Gasteiger partial charge in [0.1, 0.15) is 18.7 Å². The van der Waals surface area contributed by atoms with Gasteiger partial charge in [0.15, 0.2) is 0 Å². The highest BCUT2D eigenvalue weighted by Crippen LogP contribution is 2.30. The van der Waals surface area contributed by atoms with Crippen LogP contribution in [0.3, 0.4) is 0 Å². The predicted molar refractivity (Wildman–Crippen MR) is 125 cm³/mol. The molecule has 2 aromatic heterocycles. The number of pyridine rings is 1. The molecule has 11 heteroatoms. The van der Waals surface area contributed by atoms with Crippen molar-refractivity contribution in [2.24, 2.45) is 5.16 Å². The van der Waals surface area contributed by atoms with Gasteiger partial charge in [-0.25, -0.2) is 4.98 Å². The van der Waals surface area contributed by atoms with E-state index < -0.39 is 23.8 Å². The van der Waals surface area contributed by atoms with Gasteiger partial charge < -0.3 is 14.3 Å². The maximum absolute atomic E-state index is 13.0. The number of aromatic nitrogens is 2. The summed E-state index contributed by atoms with van der Waals surface area (Å²) in [4.78, 5) is 36.2. The molecule has 1 fully saturated rings. The molecule has 1 aromatic carbocycles. The molecular weight excluding hydrogens is 481 g/mol. The van der Waals surface area contributed by atoms with Crippen LogP contribution in [0.4, 0.5) is 13.2 Å². The summed E-state index contributed by atoms with van der Waals surface area (Å²) in [6, 6.07) is 11.5. The number of likely N-dealkylation sites (tertiary alicyclic amines) is 1. The van der Waals surface area contributed by atoms with E-state index in [9.17, 15) is 22.8 Å². The van der Waals surface area contributed by atoms with Crippen molar-refractivity contribution >= 4 is 23.5 Å². The van der Waals surface area contributed by atoms with E-state index in [0.29, 0.717) is 38.2 Å². The monoisotopic (exact) mass is 504 g/mol. The lowest BCUT2D eigenvalue weighted by atomic mass is 9.97. The largest absolute Gasteiger partial charge is 0.421 e. The van der Waals surface area contributed by atoms with E-state index >= 15 is 0 Å². The second-order valence-corrected chi connectivity index (χ2v) is 9.00. The number of amides is 1. The molecule has 4 rings (SSSR count). The average molecular weight is 505 g/mol. The second kappa shape index (κ2) is 10.9. The van der Waals surface area contributed by atoms with Gasteiger partial charge >= 0.3 is 6.18 Å². The summed E-state index contributed by atoms with van der Waals surface area (Å²) in [6.07, 6.45) is -0.638. The lowest BCUT2D eigenvalue weighted by Gasteiger charge is -2.31. The zero-order chi connectivity index (χ0) is 24.8. The molecule has 0 unspecified atom stereocenters. The van der Waals surface area contributed by atoms with E-state index in [0.717, 1.165) is 27.3 Å². The van der Waals surface area contributed by atoms with Crippen LogP contribution in [0.15, 0.2) is 64.0 Å². The zero-order valence-corrected chi connectivity index (χ0v) is 19.5. The molecule has 0 atom stereocenters. The summed E-state index contributed by atoms with van der Waals surface area (Å²) >= 11 is 1.52. The first-order valence-electron chi connectivity index (χ1n) is 11.0. The number of benzene rings is 1. The Morgan fingerprint density at radius 2 is 1.91 bits per heavy atom. The molecule has 35 heavy (non-hydrogen) atoms. The van der Waals surface area contributed by atoms with Crippen molar-refractivity contribution in [2.45, 2.75) is 38.1 Å². The first-order valence-corrected chi connectivity index (χ1v) is 11.9. The first-order chi connectivity index (χ1) is 16.8. The van der Waals surface area contributed by atoms with Crippen LogP contribution in [0.25, 0.3) is 0 Å². The Kier molecular flexibility index (Phi) is 7.64. The van der Waals surface area contributed by atoms with Crippen LogP contribution < -0.4 is 5.56 Å². The van der Waals surface area contributed by atoms with Crippen molar-refractivity contribution in [3.63, 3.8) is 0 Å². The van der Waals surface area contributed by atoms with Crippen molar-refractivity contribution < 1.29 is 22.8 Å². The quantitative estimate of drug-likeness (QED) is 0.356. The SMILES string of the molecule is O=C(Cn1cccc(C(F)(F)F)c1=O)N1CCC(c2nc(C=NOCc3ccccc3)cs2)CC1. The summed E-state index contributed by atoms with van der Waals surface area (Å²) in [5.41, 5.74) is -0.781. The number of hydrogen-bond acceptors (Lipinski definition) is 6. The van der Waals surface area contributed by atoms with E-state index in [1.807, 2.05) is 35.7 Å². The Balaban J connectivity index is 1.28. The molecule has 0 aliphatic carbocycles. The van der Waals surface area contributed by atoms with E-state index in [-0.39, 0.29) is 11.8 Å². The number of nitrogens with zero attached hydrogens (tertiary/aromatic N) is 4. The normalized spacial score (nSPS) is 15.0. The standard InChI is InChI=1S/C24H23F3N4O3S/c25-24(26,27)20-7-4-10-31(23(20)33)14-21(32)30-11-8-18(9-12-30)22-29-19(16-35-22)13-28-34-15-17-5-2-1-3-6-17/h1-7,10,13,16,18H,8-9,11-12,14-15H2. The van der Waals surface area contributed by atoms with Gasteiger partial charge in [0.25, 0.3) is 5.56 Å². The highest BCUT2D eigenvalue weighted by Gasteiger charge is 2.34. The molecule has 184 valence electrons. The fourth-order valence-corrected chi connectivity index (χ4v) is 4.76. The average Bonchev–Trinajstić information content (AvgIpc) is 3.32. The van der Waals surface area contributed by atoms with Crippen LogP contribution in [0.1, 0.15) is 40.6 Å². The highest BCUT2D eigenvalue weighted by atomic mass is 32.1. The fraction of sp³-hybridized carbons (Fsp3) is 0.333. The Morgan fingerprint density at radius 3 is 2.63 bits per heavy atom. The van der Waals surface area contributed by atoms with Gasteiger partial charge in [-0.05, 0) is 30.5 Å². The molecule has 0 saturated carbocycles. The summed E-state index contributed by atoms with van der Waals surface area (Å²) in [5, 5.41) is 6.80. The topological polar surface area (TPSA) is 76.8 Å². The molecule has 0 bridgehead atoms. The third-order valence-electron chi connectivity index (χ3n) is 5.70. The van der Waals surface area contributed by atoms with E-state index in [1.54, 1.807) is 11.1 Å². The highest BCUT2D eigenvalue weighted by molar-refractivity contribution is 7.09. The zero-order valence-electron chi connectivity index (χ0n) is 18.6. The fourth-order valence-electron chi connectivity index (χ4n) is 3.82. The van der Waals surface area contributed by atoms with E-state index in [2.05, 4.69) is 10.1 Å². The molecule has 1 aliphatic heterocycles. The van der Waals surface area contributed by atoms with Gasteiger partial charge in [0.2, 0.25) is 5.91 Å². The van der Waals surface area contributed by atoms with Crippen LogP contribution in [-0.2, 0) is 29.0 Å². The lowest BCUT2D eigenvalue weighted by molar-refractivity contribution is -0.139. The minimum Gasteiger partial charge on any atom is -0.391 e. The smallest absolute Gasteiger partial charge is 0.391 e. The van der Waals surface area contributed by atoms with Crippen molar-refractivity contribution in [2.75, 3.05) is 13.1 Å². The van der Waals surface area contributed by atoms with Crippen LogP contribution in [0, 0.1) is 0 Å². The number of hydrogen-bond donors (Lipinski definition) is 0. The summed E-state index contributed by atoms with van der Waals surface area (Å²) < 4.78 is 39.7. The maximum Gasteiger partial charge on any atom is 0.421 e. The van der Waals surface area contributed by atoms with E-state index in [4.69, 9.17) is 4.84 Å². The number of halogens is 3. The number of carbonyl (C=O) groups excluding carboxylic acids is 1. The van der Waals surface area contributed by atoms with Gasteiger partial charge in [0, 0.05) is 30.6 Å². The van der Waals surface area contributed by atoms with Crippen LogP contribution in [0.5, 0.6) is 0 Å². The maximum atomic E-state index is 13.0. The van der Waals surface area contributed by atoms with Gasteiger partial charge in [-0.1, -0.05) is 35.5 Å². The minimum absolute atomic E-state index is 0.174. The van der Waals surface area contributed by atoms with Crippen LogP contribution in [0.2, 0.25) is 0 Å². The van der Waals surface area contributed by atoms with Crippen LogP contribution in [-0.4, -0.2) is 39.7 Å². The second-order valence-electron chi connectivity index (χ2n) is 8.11. The number of piperidine rings is 1. The van der Waals surface area contributed by atoms with Crippen LogP contribution >= 0.6 is 11.3 Å². The summed E-state index contributed by atoms with van der Waals surface area (Å²) in [5.74, 6) is -0.208. The molecule has 3 aromatic rings. The first kappa shape index (κ1) is 24.6. The Hall–Kier alpha value is -3.47. The molecule has 0 N–H and O–H groups in total. The van der Waals surface area contributed by atoms with Gasteiger partial charge in [-0.3, -0.25) is 9.59 Å². The molecule has 0 radical (unpaired) electrons. The number of thiazole rings is 1. The lowest BCUT2D eigenvalue weighted by Crippen LogP contribution is -2.41. The molecular formula is C24H23F3N4O3S. The molecule has 0 spiro atoms. The van der Waals surface area contributed by atoms with Gasteiger partial charge in [-0.15, -0.1) is 11.3 Å². The van der Waals surface area contributed by atoms with Crippen molar-refractivity contribution in [3.05, 3.63) is 86.2 Å². The summed E-state index contributed by atoms with van der Waals surface area (Å²) in [7, 11) is 0. The third-order valence-corrected chi connectivity index (χ3v) is 6.73.